The summed E-state index contributed by atoms with van der Waals surface area (Å²) >= 11 is 1.32. The Morgan fingerprint density at radius 2 is 2.22 bits per heavy atom. The zero-order valence-electron chi connectivity index (χ0n) is 12.9. The maximum atomic E-state index is 11.8. The van der Waals surface area contributed by atoms with Crippen molar-refractivity contribution in [2.24, 2.45) is 0 Å². The van der Waals surface area contributed by atoms with E-state index in [1.165, 1.54) is 17.4 Å². The Labute approximate surface area is 138 Å². The van der Waals surface area contributed by atoms with Gasteiger partial charge in [0, 0.05) is 6.08 Å². The molecule has 0 bridgehead atoms. The van der Waals surface area contributed by atoms with Crippen LogP contribution in [0.4, 0.5) is 5.13 Å². The number of nitrogens with zero attached hydrogens (tertiary/aromatic N) is 2. The van der Waals surface area contributed by atoms with Crippen LogP contribution in [0.5, 0.6) is 11.5 Å². The standard InChI is InChI=1S/C16H17N3O3S/c1-4-9-22-13-7-5-12(10-14(13)21-3)6-8-15(20)17-16-19-18-11(2)23-16/h4-8,10H,1,9H2,2-3H3,(H,17,19,20)/b8-6+. The molecular weight excluding hydrogens is 314 g/mol. The zero-order valence-corrected chi connectivity index (χ0v) is 13.7. The van der Waals surface area contributed by atoms with Crippen molar-refractivity contribution in [2.45, 2.75) is 6.92 Å². The average molecular weight is 331 g/mol. The lowest BCUT2D eigenvalue weighted by molar-refractivity contribution is -0.111. The van der Waals surface area contributed by atoms with Crippen LogP contribution in [0.25, 0.3) is 6.08 Å². The van der Waals surface area contributed by atoms with Crippen LogP contribution in [0, 0.1) is 6.92 Å². The second kappa shape index (κ2) is 8.09. The summed E-state index contributed by atoms with van der Waals surface area (Å²) in [5.74, 6) is 0.944. The molecule has 0 radical (unpaired) electrons. The number of ether oxygens (including phenoxy) is 2. The van der Waals surface area contributed by atoms with E-state index in [0.717, 1.165) is 10.6 Å². The smallest absolute Gasteiger partial charge is 0.250 e. The van der Waals surface area contributed by atoms with Crippen LogP contribution in [-0.4, -0.2) is 29.8 Å². The van der Waals surface area contributed by atoms with Gasteiger partial charge in [0.1, 0.15) is 11.6 Å². The molecular formula is C16H17N3O3S. The van der Waals surface area contributed by atoms with Gasteiger partial charge in [0.25, 0.3) is 0 Å². The highest BCUT2D eigenvalue weighted by Gasteiger charge is 2.05. The molecule has 6 nitrogen and oxygen atoms in total. The van der Waals surface area contributed by atoms with E-state index in [-0.39, 0.29) is 5.91 Å². The highest BCUT2D eigenvalue weighted by molar-refractivity contribution is 7.15. The van der Waals surface area contributed by atoms with Crippen molar-refractivity contribution in [2.75, 3.05) is 19.0 Å². The molecule has 2 rings (SSSR count). The van der Waals surface area contributed by atoms with E-state index in [4.69, 9.17) is 9.47 Å². The van der Waals surface area contributed by atoms with Gasteiger partial charge in [-0.3, -0.25) is 10.1 Å². The lowest BCUT2D eigenvalue weighted by atomic mass is 10.2. The molecule has 2 aromatic rings. The molecule has 23 heavy (non-hydrogen) atoms. The Morgan fingerprint density at radius 1 is 1.39 bits per heavy atom. The number of carbonyl (C=O) groups excluding carboxylic acids is 1. The summed E-state index contributed by atoms with van der Waals surface area (Å²) in [4.78, 5) is 11.8. The van der Waals surface area contributed by atoms with Gasteiger partial charge in [0.15, 0.2) is 11.5 Å². The van der Waals surface area contributed by atoms with Gasteiger partial charge < -0.3 is 9.47 Å². The fraction of sp³-hybridized carbons (Fsp3) is 0.188. The molecule has 7 heteroatoms. The third-order valence-corrected chi connectivity index (χ3v) is 3.48. The number of aryl methyl sites for hydroxylation is 1. The quantitative estimate of drug-likeness (QED) is 0.623. The third-order valence-electron chi connectivity index (χ3n) is 2.73. The number of hydrogen-bond donors (Lipinski definition) is 1. The molecule has 0 aliphatic carbocycles. The van der Waals surface area contributed by atoms with E-state index in [1.807, 2.05) is 13.0 Å². The van der Waals surface area contributed by atoms with E-state index in [9.17, 15) is 4.79 Å². The number of methoxy groups -OCH3 is 1. The summed E-state index contributed by atoms with van der Waals surface area (Å²) in [6.07, 6.45) is 4.77. The van der Waals surface area contributed by atoms with Crippen molar-refractivity contribution >= 4 is 28.5 Å². The summed E-state index contributed by atoms with van der Waals surface area (Å²) in [5.41, 5.74) is 0.816. The SMILES string of the molecule is C=CCOc1ccc(/C=C/C(=O)Nc2nnc(C)s2)cc1OC. The first-order valence-electron chi connectivity index (χ1n) is 6.83. The monoisotopic (exact) mass is 331 g/mol. The first kappa shape index (κ1) is 16.7. The Balaban J connectivity index is 2.03. The average Bonchev–Trinajstić information content (AvgIpc) is 2.96. The largest absolute Gasteiger partial charge is 0.493 e. The van der Waals surface area contributed by atoms with Crippen molar-refractivity contribution in [3.8, 4) is 11.5 Å². The second-order valence-electron chi connectivity index (χ2n) is 4.46. The highest BCUT2D eigenvalue weighted by atomic mass is 32.1. The van der Waals surface area contributed by atoms with Crippen molar-refractivity contribution in [3.05, 3.63) is 47.5 Å². The van der Waals surface area contributed by atoms with E-state index >= 15 is 0 Å². The molecule has 0 saturated carbocycles. The van der Waals surface area contributed by atoms with Gasteiger partial charge in [-0.25, -0.2) is 0 Å². The number of amides is 1. The second-order valence-corrected chi connectivity index (χ2v) is 5.64. The van der Waals surface area contributed by atoms with Crippen LogP contribution in [0.2, 0.25) is 0 Å². The summed E-state index contributed by atoms with van der Waals surface area (Å²) < 4.78 is 10.8. The Hall–Kier alpha value is -2.67. The first-order chi connectivity index (χ1) is 11.1. The number of hydrogen-bond acceptors (Lipinski definition) is 6. The van der Waals surface area contributed by atoms with E-state index in [2.05, 4.69) is 22.1 Å². The molecule has 1 heterocycles. The van der Waals surface area contributed by atoms with Gasteiger partial charge in [0.2, 0.25) is 11.0 Å². The number of anilines is 1. The summed E-state index contributed by atoms with van der Waals surface area (Å²) in [7, 11) is 1.56. The minimum Gasteiger partial charge on any atom is -0.493 e. The van der Waals surface area contributed by atoms with Crippen molar-refractivity contribution in [1.82, 2.24) is 10.2 Å². The number of carbonyl (C=O) groups is 1. The molecule has 1 amide bonds. The molecule has 120 valence electrons. The van der Waals surface area contributed by atoms with Crippen LogP contribution >= 0.6 is 11.3 Å². The Bertz CT molecular complexity index is 725. The van der Waals surface area contributed by atoms with Crippen LogP contribution in [0.3, 0.4) is 0 Å². The molecule has 1 N–H and O–H groups in total. The summed E-state index contributed by atoms with van der Waals surface area (Å²) in [5, 5.41) is 11.6. The van der Waals surface area contributed by atoms with Crippen molar-refractivity contribution in [1.29, 1.82) is 0 Å². The van der Waals surface area contributed by atoms with Crippen LogP contribution in [0.1, 0.15) is 10.6 Å². The molecule has 0 fully saturated rings. The fourth-order valence-electron chi connectivity index (χ4n) is 1.72. The molecule has 0 saturated heterocycles. The molecule has 0 unspecified atom stereocenters. The van der Waals surface area contributed by atoms with E-state index in [1.54, 1.807) is 31.4 Å². The van der Waals surface area contributed by atoms with Gasteiger partial charge >= 0.3 is 0 Å². The normalized spacial score (nSPS) is 10.5. The van der Waals surface area contributed by atoms with Gasteiger partial charge in [-0.2, -0.15) is 0 Å². The number of aromatic nitrogens is 2. The number of rotatable bonds is 7. The summed E-state index contributed by atoms with van der Waals surface area (Å²) in [6, 6.07) is 5.41. The lowest BCUT2D eigenvalue weighted by Gasteiger charge is -2.09. The molecule has 1 aromatic carbocycles. The predicted octanol–water partition coefficient (Wildman–Crippen LogP) is 3.07. The molecule has 0 aliphatic rings. The van der Waals surface area contributed by atoms with Gasteiger partial charge in [0.05, 0.1) is 7.11 Å². The first-order valence-corrected chi connectivity index (χ1v) is 7.65. The third kappa shape index (κ3) is 4.93. The predicted molar refractivity (Wildman–Crippen MR) is 91.0 cm³/mol. The maximum absolute atomic E-state index is 11.8. The van der Waals surface area contributed by atoms with Crippen LogP contribution in [0.15, 0.2) is 36.9 Å². The van der Waals surface area contributed by atoms with Crippen LogP contribution < -0.4 is 14.8 Å². The topological polar surface area (TPSA) is 73.3 Å². The lowest BCUT2D eigenvalue weighted by Crippen LogP contribution is -2.07. The van der Waals surface area contributed by atoms with Gasteiger partial charge in [-0.05, 0) is 30.7 Å². The van der Waals surface area contributed by atoms with Crippen molar-refractivity contribution < 1.29 is 14.3 Å². The van der Waals surface area contributed by atoms with Gasteiger partial charge in [-0.15, -0.1) is 10.2 Å². The van der Waals surface area contributed by atoms with Gasteiger partial charge in [-0.1, -0.05) is 30.1 Å². The maximum Gasteiger partial charge on any atom is 0.250 e. The number of nitrogens with one attached hydrogen (secondary N) is 1. The Morgan fingerprint density at radius 3 is 2.87 bits per heavy atom. The number of benzene rings is 1. The zero-order chi connectivity index (χ0) is 16.7. The summed E-state index contributed by atoms with van der Waals surface area (Å²) in [6.45, 7) is 5.83. The molecule has 0 atom stereocenters. The van der Waals surface area contributed by atoms with Crippen LogP contribution in [-0.2, 0) is 4.79 Å². The molecule has 1 aromatic heterocycles. The fourth-order valence-corrected chi connectivity index (χ4v) is 2.32. The molecule has 0 aliphatic heterocycles. The highest BCUT2D eigenvalue weighted by Crippen LogP contribution is 2.28. The Kier molecular flexibility index (Phi) is 5.87. The van der Waals surface area contributed by atoms with E-state index in [0.29, 0.717) is 23.2 Å². The minimum absolute atomic E-state index is 0.271. The van der Waals surface area contributed by atoms with E-state index < -0.39 is 0 Å². The molecule has 0 spiro atoms. The van der Waals surface area contributed by atoms with Crippen molar-refractivity contribution in [3.63, 3.8) is 0 Å². The minimum atomic E-state index is -0.271.